The first-order chi connectivity index (χ1) is 16.4. The lowest BCUT2D eigenvalue weighted by Gasteiger charge is -2.19. The molecule has 0 heterocycles. The molecule has 2 aromatic carbocycles. The SMILES string of the molecule is CC[C@@H](C)CCCCS(=N)(=O)c1ccc(NC(=O)c2cc(CCN)cc(N(C)S(C)(=O)=O)c2)cc1. The van der Waals surface area contributed by atoms with E-state index in [4.69, 9.17) is 10.5 Å². The summed E-state index contributed by atoms with van der Waals surface area (Å²) in [6.07, 6.45) is 5.49. The fraction of sp³-hybridized carbons (Fsp3) is 0.480. The van der Waals surface area contributed by atoms with Gasteiger partial charge in [0.25, 0.3) is 5.91 Å². The lowest BCUT2D eigenvalue weighted by atomic mass is 10.0. The molecule has 0 aromatic heterocycles. The summed E-state index contributed by atoms with van der Waals surface area (Å²) in [5, 5.41) is 2.79. The van der Waals surface area contributed by atoms with Crippen LogP contribution in [0.1, 0.15) is 55.5 Å². The average Bonchev–Trinajstić information content (AvgIpc) is 2.81. The molecule has 10 heteroatoms. The van der Waals surface area contributed by atoms with Gasteiger partial charge in [-0.05, 0) is 73.3 Å². The average molecular weight is 523 g/mol. The molecule has 0 bridgehead atoms. The van der Waals surface area contributed by atoms with E-state index in [0.717, 1.165) is 41.8 Å². The van der Waals surface area contributed by atoms with E-state index in [2.05, 4.69) is 19.2 Å². The Morgan fingerprint density at radius 1 is 1.11 bits per heavy atom. The topological polar surface area (TPSA) is 133 Å². The number of unbranched alkanes of at least 4 members (excludes halogenated alkanes) is 1. The van der Waals surface area contributed by atoms with Crippen LogP contribution in [0.5, 0.6) is 0 Å². The van der Waals surface area contributed by atoms with Gasteiger partial charge in [-0.2, -0.15) is 0 Å². The molecule has 0 radical (unpaired) electrons. The number of nitrogens with zero attached hydrogens (tertiary/aromatic N) is 1. The quantitative estimate of drug-likeness (QED) is 0.334. The van der Waals surface area contributed by atoms with Crippen LogP contribution in [0.2, 0.25) is 0 Å². The highest BCUT2D eigenvalue weighted by molar-refractivity contribution is 7.92. The maximum atomic E-state index is 12.9. The van der Waals surface area contributed by atoms with Gasteiger partial charge in [0, 0.05) is 28.9 Å². The number of nitrogens with two attached hydrogens (primary N) is 1. The highest BCUT2D eigenvalue weighted by Gasteiger charge is 2.17. The van der Waals surface area contributed by atoms with E-state index >= 15 is 0 Å². The van der Waals surface area contributed by atoms with Crippen molar-refractivity contribution < 1.29 is 17.4 Å². The van der Waals surface area contributed by atoms with Crippen LogP contribution in [0.15, 0.2) is 47.4 Å². The molecule has 0 aliphatic carbocycles. The van der Waals surface area contributed by atoms with Crippen molar-refractivity contribution in [2.24, 2.45) is 11.7 Å². The third-order valence-electron chi connectivity index (χ3n) is 6.10. The molecular weight excluding hydrogens is 484 g/mol. The van der Waals surface area contributed by atoms with Gasteiger partial charge in [0.1, 0.15) is 0 Å². The lowest BCUT2D eigenvalue weighted by molar-refractivity contribution is 0.102. The second kappa shape index (κ2) is 12.5. The van der Waals surface area contributed by atoms with Crippen LogP contribution in [0.25, 0.3) is 0 Å². The van der Waals surface area contributed by atoms with E-state index in [-0.39, 0.29) is 0 Å². The van der Waals surface area contributed by atoms with E-state index in [1.807, 2.05) is 0 Å². The number of anilines is 2. The first-order valence-electron chi connectivity index (χ1n) is 11.8. The zero-order valence-corrected chi connectivity index (χ0v) is 22.7. The number of benzene rings is 2. The van der Waals surface area contributed by atoms with Gasteiger partial charge in [-0.1, -0.05) is 33.1 Å². The summed E-state index contributed by atoms with van der Waals surface area (Å²) in [5.74, 6) is 0.551. The third kappa shape index (κ3) is 8.63. The molecule has 0 saturated carbocycles. The monoisotopic (exact) mass is 522 g/mol. The zero-order chi connectivity index (χ0) is 26.2. The van der Waals surface area contributed by atoms with Gasteiger partial charge in [-0.25, -0.2) is 17.4 Å². The zero-order valence-electron chi connectivity index (χ0n) is 21.0. The molecule has 8 nitrogen and oxygen atoms in total. The molecule has 0 aliphatic rings. The van der Waals surface area contributed by atoms with E-state index in [1.54, 1.807) is 36.4 Å². The van der Waals surface area contributed by atoms with Gasteiger partial charge in [0.05, 0.1) is 21.7 Å². The van der Waals surface area contributed by atoms with Crippen LogP contribution in [-0.2, 0) is 26.2 Å². The van der Waals surface area contributed by atoms with Gasteiger partial charge in [-0.15, -0.1) is 0 Å². The molecule has 2 aromatic rings. The molecule has 4 N–H and O–H groups in total. The maximum Gasteiger partial charge on any atom is 0.255 e. The summed E-state index contributed by atoms with van der Waals surface area (Å²) in [5.41, 5.74) is 7.58. The molecule has 0 spiro atoms. The number of carbonyl (C=O) groups is 1. The highest BCUT2D eigenvalue weighted by atomic mass is 32.2. The van der Waals surface area contributed by atoms with Gasteiger partial charge in [0.15, 0.2) is 0 Å². The van der Waals surface area contributed by atoms with Crippen molar-refractivity contribution in [1.29, 1.82) is 4.78 Å². The second-order valence-corrected chi connectivity index (χ2v) is 13.3. The minimum atomic E-state index is -3.50. The minimum Gasteiger partial charge on any atom is -0.330 e. The van der Waals surface area contributed by atoms with Crippen LogP contribution in [0.3, 0.4) is 0 Å². The predicted octanol–water partition coefficient (Wildman–Crippen LogP) is 4.46. The Morgan fingerprint density at radius 2 is 1.77 bits per heavy atom. The Kier molecular flexibility index (Phi) is 10.3. The summed E-state index contributed by atoms with van der Waals surface area (Å²) in [6, 6.07) is 11.4. The highest BCUT2D eigenvalue weighted by Crippen LogP contribution is 2.23. The molecule has 35 heavy (non-hydrogen) atoms. The van der Waals surface area contributed by atoms with Crippen molar-refractivity contribution in [2.75, 3.05) is 35.2 Å². The number of carbonyl (C=O) groups excluding carboxylic acids is 1. The summed E-state index contributed by atoms with van der Waals surface area (Å²) < 4.78 is 46.2. The normalized spacial score (nSPS) is 14.2. The van der Waals surface area contributed by atoms with Crippen molar-refractivity contribution in [3.63, 3.8) is 0 Å². The van der Waals surface area contributed by atoms with E-state index in [1.165, 1.54) is 13.1 Å². The smallest absolute Gasteiger partial charge is 0.255 e. The van der Waals surface area contributed by atoms with Crippen molar-refractivity contribution in [1.82, 2.24) is 0 Å². The van der Waals surface area contributed by atoms with Crippen LogP contribution >= 0.6 is 0 Å². The standard InChI is InChI=1S/C25H38N4O4S2/c1-5-19(2)8-6-7-15-35(27,33)24-11-9-22(10-12-24)28-25(30)21-16-20(13-14-26)17-23(18-21)29(3)34(4,31)32/h9-12,16-19,27H,5-8,13-15,26H2,1-4H3,(H,28,30)/t19-,35?/m1/s1. The number of hydrogen-bond acceptors (Lipinski definition) is 6. The van der Waals surface area contributed by atoms with Gasteiger partial charge < -0.3 is 11.1 Å². The summed E-state index contributed by atoms with van der Waals surface area (Å²) in [7, 11) is -4.96. The number of hydrogen-bond donors (Lipinski definition) is 3. The number of rotatable bonds is 13. The maximum absolute atomic E-state index is 12.9. The van der Waals surface area contributed by atoms with Crippen molar-refractivity contribution >= 4 is 37.0 Å². The largest absolute Gasteiger partial charge is 0.330 e. The molecule has 1 amide bonds. The molecule has 0 fully saturated rings. The predicted molar refractivity (Wildman–Crippen MR) is 144 cm³/mol. The molecule has 0 saturated heterocycles. The number of nitrogens with one attached hydrogen (secondary N) is 2. The van der Waals surface area contributed by atoms with Crippen molar-refractivity contribution in [3.8, 4) is 0 Å². The minimum absolute atomic E-state index is 0.302. The number of amides is 1. The van der Waals surface area contributed by atoms with Crippen LogP contribution in [0, 0.1) is 10.7 Å². The first kappa shape index (κ1) is 28.8. The van der Waals surface area contributed by atoms with Crippen molar-refractivity contribution in [3.05, 3.63) is 53.6 Å². The van der Waals surface area contributed by atoms with Gasteiger partial charge >= 0.3 is 0 Å². The van der Waals surface area contributed by atoms with Crippen LogP contribution < -0.4 is 15.4 Å². The fourth-order valence-electron chi connectivity index (χ4n) is 3.57. The summed E-state index contributed by atoms with van der Waals surface area (Å²) in [6.45, 7) is 4.71. The molecule has 1 unspecified atom stereocenters. The van der Waals surface area contributed by atoms with Gasteiger partial charge in [-0.3, -0.25) is 9.10 Å². The third-order valence-corrected chi connectivity index (χ3v) is 9.21. The fourth-order valence-corrected chi connectivity index (χ4v) is 5.48. The Bertz CT molecular complexity index is 1210. The molecule has 0 aliphatic heterocycles. The first-order valence-corrected chi connectivity index (χ1v) is 15.4. The second-order valence-electron chi connectivity index (χ2n) is 9.02. The van der Waals surface area contributed by atoms with E-state index in [9.17, 15) is 17.4 Å². The summed E-state index contributed by atoms with van der Waals surface area (Å²) in [4.78, 5) is 13.4. The molecular formula is C25H38N4O4S2. The van der Waals surface area contributed by atoms with E-state index < -0.39 is 25.7 Å². The van der Waals surface area contributed by atoms with E-state index in [0.29, 0.717) is 46.5 Å². The van der Waals surface area contributed by atoms with Crippen LogP contribution in [0.4, 0.5) is 11.4 Å². The molecule has 194 valence electrons. The Balaban J connectivity index is 2.14. The van der Waals surface area contributed by atoms with Crippen molar-refractivity contribution in [2.45, 2.75) is 50.8 Å². The molecule has 2 rings (SSSR count). The molecule has 2 atom stereocenters. The Hall–Kier alpha value is -2.43. The number of sulfonamides is 1. The van der Waals surface area contributed by atoms with Gasteiger partial charge in [0.2, 0.25) is 10.0 Å². The van der Waals surface area contributed by atoms with Crippen LogP contribution in [-0.4, -0.2) is 44.1 Å². The Labute approximate surface area is 210 Å². The lowest BCUT2D eigenvalue weighted by Crippen LogP contribution is -2.25. The Morgan fingerprint density at radius 3 is 2.34 bits per heavy atom. The summed E-state index contributed by atoms with van der Waals surface area (Å²) >= 11 is 0.